The van der Waals surface area contributed by atoms with Gasteiger partial charge < -0.3 is 54.4 Å². The summed E-state index contributed by atoms with van der Waals surface area (Å²) < 4.78 is 39.8. The Morgan fingerprint density at radius 1 is 0.343 bits per heavy atom. The van der Waals surface area contributed by atoms with Gasteiger partial charge in [-0.2, -0.15) is 0 Å². The number of nitrogens with zero attached hydrogens (tertiary/aromatic N) is 1. The Bertz CT molecular complexity index is 3310. The molecule has 6 N–H and O–H groups in total. The standard InChI is InChI=1S/C111H203N7O16/c1-88(2)68-60-52-44-36-28-20-16-24-32-40-48-56-64-73-128-98(119)78-96(101(122)130-75-66-58-50-42-34-26-18-22-30-38-46-54-62-70-90(5)6)133-106(126)115-93-80-108(10,11)84-110(14,82-93)86-112-104(124)118-103-114-92(9)95(100(121)117-103)72-77-132-105(125)113-87-111(15)83-94(81-109(12,13)85-111)116-107(127)134-97(102(123)131-76-67-59-51-43-35-27-19-23-31-39-47-55-63-71-91(7)8)79-99(120)129-74-65-57-49-41-33-25-17-21-29-37-45-53-61-69-89(3)4/h88-91,93-94,96-97H,16-87H2,1-15H3,(H,113,125)(H,115,126)(H,116,127)(H3,112,114,117,118,121,124). The third-order valence-corrected chi connectivity index (χ3v) is 27.4. The van der Waals surface area contributed by atoms with E-state index in [1.54, 1.807) is 6.92 Å². The van der Waals surface area contributed by atoms with Crippen LogP contribution in [-0.4, -0.2) is 129 Å². The number of amides is 5. The van der Waals surface area contributed by atoms with Gasteiger partial charge >= 0.3 is 48.2 Å². The largest absolute Gasteiger partial charge is 0.466 e. The fraction of sp³-hybridized carbons (Fsp3) is 0.892. The Hall–Kier alpha value is -6.16. The number of urea groups is 1. The smallest absolute Gasteiger partial charge is 0.408 e. The Balaban J connectivity index is 1.51. The highest BCUT2D eigenvalue weighted by molar-refractivity contribution is 5.87. The number of ether oxygens (including phenoxy) is 7. The molecule has 0 radical (unpaired) electrons. The zero-order chi connectivity index (χ0) is 98.4. The minimum absolute atomic E-state index is 0.0317. The van der Waals surface area contributed by atoms with E-state index in [0.29, 0.717) is 69.9 Å². The Kier molecular flexibility index (Phi) is 68.1. The lowest BCUT2D eigenvalue weighted by molar-refractivity contribution is -0.160. The van der Waals surface area contributed by atoms with E-state index >= 15 is 0 Å². The highest BCUT2D eigenvalue weighted by atomic mass is 16.6. The van der Waals surface area contributed by atoms with Crippen molar-refractivity contribution < 1.29 is 71.5 Å². The summed E-state index contributed by atoms with van der Waals surface area (Å²) in [6.45, 7) is 33.4. The monoisotopic (exact) mass is 1890 g/mol. The average Bonchev–Trinajstić information content (AvgIpc) is 0.799. The molecule has 2 aliphatic rings. The van der Waals surface area contributed by atoms with Crippen molar-refractivity contribution in [1.29, 1.82) is 0 Å². The van der Waals surface area contributed by atoms with Gasteiger partial charge in [-0.25, -0.2) is 33.8 Å². The Morgan fingerprint density at radius 2 is 0.612 bits per heavy atom. The first-order valence-corrected chi connectivity index (χ1v) is 55.3. The predicted octanol–water partition coefficient (Wildman–Crippen LogP) is 29.3. The minimum Gasteiger partial charge on any atom is -0.466 e. The van der Waals surface area contributed by atoms with Crippen LogP contribution in [-0.2, 0) is 58.8 Å². The van der Waals surface area contributed by atoms with Crippen LogP contribution in [0, 0.1) is 52.3 Å². The highest BCUT2D eigenvalue weighted by Crippen LogP contribution is 2.47. The maximum Gasteiger partial charge on any atom is 0.408 e. The quantitative estimate of drug-likeness (QED) is 0.0201. The number of H-pyrrole nitrogens is 1. The van der Waals surface area contributed by atoms with Crippen LogP contribution >= 0.6 is 0 Å². The van der Waals surface area contributed by atoms with Crippen LogP contribution < -0.4 is 32.1 Å². The molecule has 6 atom stereocenters. The van der Waals surface area contributed by atoms with Crippen molar-refractivity contribution in [2.75, 3.05) is 51.4 Å². The number of aryl methyl sites for hydroxylation is 1. The van der Waals surface area contributed by atoms with Gasteiger partial charge in [0.25, 0.3) is 5.56 Å². The predicted molar refractivity (Wildman–Crippen MR) is 547 cm³/mol. The van der Waals surface area contributed by atoms with E-state index in [0.717, 1.165) is 101 Å². The topological polar surface area (TPSA) is 307 Å². The summed E-state index contributed by atoms with van der Waals surface area (Å²) in [4.78, 5) is 130. The number of carbonyl (C=O) groups excluding carboxylic acids is 8. The van der Waals surface area contributed by atoms with Gasteiger partial charge in [0.15, 0.2) is 0 Å². The normalized spacial score (nSPS) is 17.4. The summed E-state index contributed by atoms with van der Waals surface area (Å²) in [6, 6.07) is -1.45. The van der Waals surface area contributed by atoms with Crippen molar-refractivity contribution in [3.8, 4) is 0 Å². The van der Waals surface area contributed by atoms with Gasteiger partial charge in [-0.15, -0.1) is 0 Å². The van der Waals surface area contributed by atoms with Crippen LogP contribution in [0.5, 0.6) is 0 Å². The summed E-state index contributed by atoms with van der Waals surface area (Å²) in [6.07, 6.45) is 64.5. The summed E-state index contributed by atoms with van der Waals surface area (Å²) in [7, 11) is 0. The number of aromatic nitrogens is 2. The molecule has 0 bridgehead atoms. The van der Waals surface area contributed by atoms with Crippen molar-refractivity contribution in [2.24, 2.45) is 45.3 Å². The Labute approximate surface area is 816 Å². The molecule has 134 heavy (non-hydrogen) atoms. The number of hydrogen-bond donors (Lipinski definition) is 6. The second kappa shape index (κ2) is 74.8. The van der Waals surface area contributed by atoms with E-state index in [9.17, 15) is 43.2 Å². The number of alkyl carbamates (subject to hydrolysis) is 3. The molecule has 3 rings (SSSR count). The maximum atomic E-state index is 13.9. The van der Waals surface area contributed by atoms with Crippen LogP contribution in [0.4, 0.5) is 25.1 Å². The molecule has 2 aliphatic carbocycles. The fourth-order valence-corrected chi connectivity index (χ4v) is 20.5. The summed E-state index contributed by atoms with van der Waals surface area (Å²) in [5, 5.41) is 14.5. The van der Waals surface area contributed by atoms with Crippen molar-refractivity contribution in [2.45, 2.75) is 546 Å². The number of nitrogens with one attached hydrogen (secondary N) is 6. The van der Waals surface area contributed by atoms with E-state index in [1.807, 2.05) is 13.8 Å². The van der Waals surface area contributed by atoms with Crippen LogP contribution in [0.15, 0.2) is 4.79 Å². The zero-order valence-electron chi connectivity index (χ0n) is 88.5. The lowest BCUT2D eigenvalue weighted by Crippen LogP contribution is -2.51. The van der Waals surface area contributed by atoms with Gasteiger partial charge in [0.05, 0.1) is 51.6 Å². The van der Waals surface area contributed by atoms with Crippen LogP contribution in [0.25, 0.3) is 0 Å². The molecule has 1 aromatic heterocycles. The first-order chi connectivity index (χ1) is 64.1. The molecule has 23 nitrogen and oxygen atoms in total. The number of anilines is 1. The molecular weight excluding hydrogens is 1690 g/mol. The van der Waals surface area contributed by atoms with Crippen molar-refractivity contribution >= 4 is 54.1 Å². The second-order valence-electron chi connectivity index (χ2n) is 44.9. The van der Waals surface area contributed by atoms with Crippen molar-refractivity contribution in [1.82, 2.24) is 31.2 Å². The third kappa shape index (κ3) is 66.4. The minimum atomic E-state index is -1.50. The van der Waals surface area contributed by atoms with E-state index in [-0.39, 0.29) is 74.9 Å². The number of aromatic amines is 1. The lowest BCUT2D eigenvalue weighted by atomic mass is 9.62. The molecule has 5 amide bonds. The highest BCUT2D eigenvalue weighted by Gasteiger charge is 2.45. The molecule has 2 fully saturated rings. The Morgan fingerprint density at radius 3 is 0.896 bits per heavy atom. The molecule has 23 heteroatoms. The van der Waals surface area contributed by atoms with Gasteiger partial charge in [-0.05, 0) is 116 Å². The van der Waals surface area contributed by atoms with Gasteiger partial charge in [-0.1, -0.05) is 431 Å². The maximum absolute atomic E-state index is 13.9. The molecule has 0 saturated heterocycles. The van der Waals surface area contributed by atoms with Crippen LogP contribution in [0.1, 0.15) is 519 Å². The number of carbonyl (C=O) groups is 8. The number of rotatable bonds is 82. The third-order valence-electron chi connectivity index (χ3n) is 27.4. The second-order valence-corrected chi connectivity index (χ2v) is 44.9. The molecule has 1 aromatic rings. The molecule has 1 heterocycles. The number of hydrogen-bond acceptors (Lipinski definition) is 17. The molecule has 6 unspecified atom stereocenters. The van der Waals surface area contributed by atoms with E-state index < -0.39 is 102 Å². The molecule has 0 aliphatic heterocycles. The van der Waals surface area contributed by atoms with Crippen LogP contribution in [0.3, 0.4) is 0 Å². The zero-order valence-corrected chi connectivity index (χ0v) is 88.5. The van der Waals surface area contributed by atoms with Gasteiger partial charge in [0.2, 0.25) is 18.2 Å². The van der Waals surface area contributed by atoms with Crippen molar-refractivity contribution in [3.63, 3.8) is 0 Å². The van der Waals surface area contributed by atoms with E-state index in [4.69, 9.17) is 33.2 Å². The molecular formula is C111H203N7O16. The average molecular weight is 1890 g/mol. The summed E-state index contributed by atoms with van der Waals surface area (Å²) in [5.74, 6) is 0.261. The first-order valence-electron chi connectivity index (χ1n) is 55.3. The van der Waals surface area contributed by atoms with E-state index in [1.165, 1.54) is 257 Å². The fourth-order valence-electron chi connectivity index (χ4n) is 20.5. The van der Waals surface area contributed by atoms with E-state index in [2.05, 4.69) is 120 Å². The van der Waals surface area contributed by atoms with Gasteiger partial charge in [-0.3, -0.25) is 24.7 Å². The molecule has 2 saturated carbocycles. The first kappa shape index (κ1) is 122. The summed E-state index contributed by atoms with van der Waals surface area (Å²) in [5.41, 5.74) is -1.58. The summed E-state index contributed by atoms with van der Waals surface area (Å²) >= 11 is 0. The molecule has 0 aromatic carbocycles. The SMILES string of the molecule is Cc1nc(NC(=O)NCC2(C)CC(NC(=O)OC(CC(=O)OCCCCCCCCCCCCCCCC(C)C)C(=O)OCCCCCCCCCCCCCCCC(C)C)CC(C)(C)C2)[nH]c(=O)c1CCOC(=O)NCC1(C)CC(NC(=O)OC(CC(=O)OCCCCCCCCCCCCCCCC(C)C)C(=O)OCCCCCCCCCCCCCCCC(C)C)CC(C)(C)C1. The number of esters is 4. The number of unbranched alkanes of at least 4 members (excludes halogenated alkanes) is 48. The lowest BCUT2D eigenvalue weighted by Gasteiger charge is -2.46. The van der Waals surface area contributed by atoms with Gasteiger partial charge in [0.1, 0.15) is 0 Å². The van der Waals surface area contributed by atoms with Gasteiger partial charge in [0, 0.05) is 37.2 Å². The van der Waals surface area contributed by atoms with Crippen LogP contribution in [0.2, 0.25) is 0 Å². The molecule has 0 spiro atoms. The van der Waals surface area contributed by atoms with Crippen molar-refractivity contribution in [3.05, 3.63) is 21.6 Å². The molecule has 778 valence electrons.